The fraction of sp³-hybridized carbons (Fsp3) is 0.400. The molecular weight excluding hydrogens is 330 g/mol. The zero-order valence-corrected chi connectivity index (χ0v) is 13.9. The van der Waals surface area contributed by atoms with Crippen LogP contribution in [0.1, 0.15) is 30.8 Å². The summed E-state index contributed by atoms with van der Waals surface area (Å²) in [6, 6.07) is -1.03. The zero-order valence-electron chi connectivity index (χ0n) is 13.9. The summed E-state index contributed by atoms with van der Waals surface area (Å²) >= 11 is 0. The summed E-state index contributed by atoms with van der Waals surface area (Å²) in [5.74, 6) is -1.48. The predicted octanol–water partition coefficient (Wildman–Crippen LogP) is 0.124. The number of hydrogen-bond acceptors (Lipinski definition) is 8. The van der Waals surface area contributed by atoms with Crippen molar-refractivity contribution in [2.75, 3.05) is 18.9 Å². The highest BCUT2D eigenvalue weighted by Gasteiger charge is 2.32. The number of amides is 2. The van der Waals surface area contributed by atoms with E-state index in [4.69, 9.17) is 15.2 Å². The summed E-state index contributed by atoms with van der Waals surface area (Å²) in [6.45, 7) is 3.31. The maximum Gasteiger partial charge on any atom is 0.361 e. The van der Waals surface area contributed by atoms with E-state index in [0.29, 0.717) is 6.42 Å². The van der Waals surface area contributed by atoms with Gasteiger partial charge in [-0.05, 0) is 13.3 Å². The Kier molecular flexibility index (Phi) is 5.88. The van der Waals surface area contributed by atoms with E-state index in [1.54, 1.807) is 13.8 Å². The average molecular weight is 349 g/mol. The molecule has 0 saturated carbocycles. The standard InChI is InChI=1S/C15H19N5O5/c1-3-8-10(13(21)24-4-2)9(20-15(23)19-8)7-25-14(22)11-12(16)18-6-5-17-11/h5-6,8H,3-4,7H2,1-2H3,(H2,16,18)(H2,19,20,23)/t8-/m0/s1. The van der Waals surface area contributed by atoms with Gasteiger partial charge in [0.15, 0.2) is 11.5 Å². The molecule has 1 aromatic rings. The number of nitrogen functional groups attached to an aromatic ring is 1. The van der Waals surface area contributed by atoms with Gasteiger partial charge in [0.05, 0.1) is 23.9 Å². The van der Waals surface area contributed by atoms with E-state index in [1.807, 2.05) is 0 Å². The van der Waals surface area contributed by atoms with E-state index in [2.05, 4.69) is 20.6 Å². The van der Waals surface area contributed by atoms with Crippen molar-refractivity contribution in [2.24, 2.45) is 0 Å². The van der Waals surface area contributed by atoms with Crippen molar-refractivity contribution in [3.05, 3.63) is 29.4 Å². The van der Waals surface area contributed by atoms with Crippen molar-refractivity contribution in [1.82, 2.24) is 20.6 Å². The third kappa shape index (κ3) is 4.22. The van der Waals surface area contributed by atoms with Crippen LogP contribution in [0, 0.1) is 0 Å². The van der Waals surface area contributed by atoms with Gasteiger partial charge in [-0.3, -0.25) is 0 Å². The van der Waals surface area contributed by atoms with Crippen LogP contribution in [-0.2, 0) is 14.3 Å². The Bertz CT molecular complexity index is 718. The second kappa shape index (κ2) is 8.08. The van der Waals surface area contributed by atoms with Gasteiger partial charge in [-0.1, -0.05) is 6.92 Å². The minimum Gasteiger partial charge on any atom is -0.463 e. The second-order valence-corrected chi connectivity index (χ2v) is 5.04. The Morgan fingerprint density at radius 1 is 1.20 bits per heavy atom. The van der Waals surface area contributed by atoms with Crippen molar-refractivity contribution in [1.29, 1.82) is 0 Å². The van der Waals surface area contributed by atoms with Crippen molar-refractivity contribution < 1.29 is 23.9 Å². The Morgan fingerprint density at radius 2 is 1.92 bits per heavy atom. The van der Waals surface area contributed by atoms with Gasteiger partial charge in [0, 0.05) is 12.4 Å². The first kappa shape index (κ1) is 18.2. The van der Waals surface area contributed by atoms with E-state index < -0.39 is 24.0 Å². The van der Waals surface area contributed by atoms with Crippen LogP contribution in [0.2, 0.25) is 0 Å². The molecule has 0 unspecified atom stereocenters. The number of nitrogens with zero attached hydrogens (tertiary/aromatic N) is 2. The molecule has 2 heterocycles. The number of aromatic nitrogens is 2. The second-order valence-electron chi connectivity index (χ2n) is 5.04. The number of carbonyl (C=O) groups excluding carboxylic acids is 3. The van der Waals surface area contributed by atoms with Crippen molar-refractivity contribution in [2.45, 2.75) is 26.3 Å². The summed E-state index contributed by atoms with van der Waals surface area (Å²) in [5.41, 5.74) is 5.79. The molecule has 25 heavy (non-hydrogen) atoms. The van der Waals surface area contributed by atoms with E-state index in [0.717, 1.165) is 0 Å². The van der Waals surface area contributed by atoms with Gasteiger partial charge in [-0.25, -0.2) is 24.4 Å². The summed E-state index contributed by atoms with van der Waals surface area (Å²) in [6.07, 6.45) is 3.11. The summed E-state index contributed by atoms with van der Waals surface area (Å²) in [4.78, 5) is 43.6. The topological polar surface area (TPSA) is 146 Å². The van der Waals surface area contributed by atoms with E-state index in [9.17, 15) is 14.4 Å². The highest BCUT2D eigenvalue weighted by Crippen LogP contribution is 2.18. The molecule has 134 valence electrons. The lowest BCUT2D eigenvalue weighted by atomic mass is 10.0. The third-order valence-corrected chi connectivity index (χ3v) is 3.41. The molecule has 0 aromatic carbocycles. The highest BCUT2D eigenvalue weighted by atomic mass is 16.5. The fourth-order valence-corrected chi connectivity index (χ4v) is 2.29. The number of anilines is 1. The molecule has 0 aliphatic carbocycles. The Labute approximate surface area is 143 Å². The molecular formula is C15H19N5O5. The van der Waals surface area contributed by atoms with Gasteiger partial charge in [-0.2, -0.15) is 0 Å². The van der Waals surface area contributed by atoms with Crippen LogP contribution in [0.3, 0.4) is 0 Å². The number of urea groups is 1. The van der Waals surface area contributed by atoms with E-state index in [-0.39, 0.29) is 36.0 Å². The molecule has 1 aromatic heterocycles. The first-order valence-corrected chi connectivity index (χ1v) is 7.69. The SMILES string of the molecule is CCOC(=O)C1=C(COC(=O)c2nccnc2N)NC(=O)N[C@H]1CC. The van der Waals surface area contributed by atoms with Gasteiger partial charge in [0.2, 0.25) is 0 Å². The minimum atomic E-state index is -0.817. The Balaban J connectivity index is 2.22. The molecule has 4 N–H and O–H groups in total. The van der Waals surface area contributed by atoms with Crippen LogP contribution < -0.4 is 16.4 Å². The maximum atomic E-state index is 12.2. The number of hydrogen-bond donors (Lipinski definition) is 3. The van der Waals surface area contributed by atoms with Gasteiger partial charge in [0.25, 0.3) is 0 Å². The largest absolute Gasteiger partial charge is 0.463 e. The highest BCUT2D eigenvalue weighted by molar-refractivity contribution is 5.95. The normalized spacial score (nSPS) is 16.7. The molecule has 2 rings (SSSR count). The van der Waals surface area contributed by atoms with Crippen LogP contribution in [0.4, 0.5) is 10.6 Å². The lowest BCUT2D eigenvalue weighted by Gasteiger charge is -2.28. The van der Waals surface area contributed by atoms with Crippen LogP contribution in [0.5, 0.6) is 0 Å². The number of ether oxygens (including phenoxy) is 2. The van der Waals surface area contributed by atoms with Crippen LogP contribution in [0.25, 0.3) is 0 Å². The lowest BCUT2D eigenvalue weighted by Crippen LogP contribution is -2.51. The van der Waals surface area contributed by atoms with Crippen molar-refractivity contribution in [3.8, 4) is 0 Å². The van der Waals surface area contributed by atoms with E-state index >= 15 is 0 Å². The summed E-state index contributed by atoms with van der Waals surface area (Å²) in [5, 5.41) is 5.10. The Hall–Kier alpha value is -3.17. The molecule has 10 nitrogen and oxygen atoms in total. The van der Waals surface area contributed by atoms with Gasteiger partial charge in [-0.15, -0.1) is 0 Å². The van der Waals surface area contributed by atoms with Crippen molar-refractivity contribution >= 4 is 23.8 Å². The molecule has 0 bridgehead atoms. The molecule has 1 atom stereocenters. The number of carbonyl (C=O) groups is 3. The molecule has 2 amide bonds. The quantitative estimate of drug-likeness (QED) is 0.614. The molecule has 0 fully saturated rings. The molecule has 10 heteroatoms. The smallest absolute Gasteiger partial charge is 0.361 e. The fourth-order valence-electron chi connectivity index (χ4n) is 2.29. The number of nitrogens with one attached hydrogen (secondary N) is 2. The molecule has 0 spiro atoms. The molecule has 1 aliphatic heterocycles. The Morgan fingerprint density at radius 3 is 2.56 bits per heavy atom. The molecule has 0 radical (unpaired) electrons. The average Bonchev–Trinajstić information content (AvgIpc) is 2.59. The molecule has 0 saturated heterocycles. The van der Waals surface area contributed by atoms with Crippen LogP contribution in [-0.4, -0.2) is 47.2 Å². The minimum absolute atomic E-state index is 0.0760. The number of nitrogens with two attached hydrogens (primary N) is 1. The first-order valence-electron chi connectivity index (χ1n) is 7.69. The van der Waals surface area contributed by atoms with Gasteiger partial charge < -0.3 is 25.8 Å². The summed E-state index contributed by atoms with van der Waals surface area (Å²) < 4.78 is 10.1. The number of rotatable bonds is 6. The van der Waals surface area contributed by atoms with Gasteiger partial charge >= 0.3 is 18.0 Å². The maximum absolute atomic E-state index is 12.2. The van der Waals surface area contributed by atoms with Crippen molar-refractivity contribution in [3.63, 3.8) is 0 Å². The van der Waals surface area contributed by atoms with E-state index in [1.165, 1.54) is 12.4 Å². The lowest BCUT2D eigenvalue weighted by molar-refractivity contribution is -0.139. The zero-order chi connectivity index (χ0) is 18.4. The molecule has 1 aliphatic rings. The predicted molar refractivity (Wildman–Crippen MR) is 86.1 cm³/mol. The van der Waals surface area contributed by atoms with Crippen LogP contribution >= 0.6 is 0 Å². The monoisotopic (exact) mass is 349 g/mol. The summed E-state index contributed by atoms with van der Waals surface area (Å²) in [7, 11) is 0. The number of esters is 2. The first-order chi connectivity index (χ1) is 12.0. The van der Waals surface area contributed by atoms with Gasteiger partial charge in [0.1, 0.15) is 6.61 Å². The van der Waals surface area contributed by atoms with Crippen LogP contribution in [0.15, 0.2) is 23.7 Å². The third-order valence-electron chi connectivity index (χ3n) is 3.41.